The normalized spacial score (nSPS) is 12.0. The second-order valence-electron chi connectivity index (χ2n) is 7.37. The quantitative estimate of drug-likeness (QED) is 0.632. The van der Waals surface area contributed by atoms with E-state index in [1.165, 1.54) is 36.4 Å². The van der Waals surface area contributed by atoms with Crippen molar-refractivity contribution < 1.29 is 22.3 Å². The van der Waals surface area contributed by atoms with Crippen molar-refractivity contribution in [2.45, 2.75) is 31.3 Å². The topological polar surface area (TPSA) is 105 Å². The van der Waals surface area contributed by atoms with Crippen molar-refractivity contribution in [3.05, 3.63) is 70.3 Å². The van der Waals surface area contributed by atoms with Gasteiger partial charge in [-0.15, -0.1) is 0 Å². The van der Waals surface area contributed by atoms with Crippen LogP contribution in [0.3, 0.4) is 0 Å². The molecule has 29 heavy (non-hydrogen) atoms. The SMILES string of the molecule is CC(C)(C)OC(=O)c1ccc(NS(=O)(=O)c2ccc3[nH]c(=O)ccc3c2)c(F)c1. The van der Waals surface area contributed by atoms with Crippen molar-refractivity contribution in [1.82, 2.24) is 4.98 Å². The fourth-order valence-corrected chi connectivity index (χ4v) is 3.67. The zero-order valence-corrected chi connectivity index (χ0v) is 16.8. The van der Waals surface area contributed by atoms with Gasteiger partial charge in [0.2, 0.25) is 5.56 Å². The second-order valence-corrected chi connectivity index (χ2v) is 9.06. The Morgan fingerprint density at radius 1 is 1.07 bits per heavy atom. The van der Waals surface area contributed by atoms with Crippen LogP contribution in [0.5, 0.6) is 0 Å². The molecule has 0 aliphatic heterocycles. The fourth-order valence-electron chi connectivity index (χ4n) is 2.57. The van der Waals surface area contributed by atoms with E-state index in [0.29, 0.717) is 10.9 Å². The number of esters is 1. The van der Waals surface area contributed by atoms with Gasteiger partial charge in [-0.3, -0.25) is 9.52 Å². The summed E-state index contributed by atoms with van der Waals surface area (Å²) < 4.78 is 47.0. The Kier molecular flexibility index (Phi) is 5.18. The van der Waals surface area contributed by atoms with Crippen molar-refractivity contribution in [3.63, 3.8) is 0 Å². The average molecular weight is 418 g/mol. The summed E-state index contributed by atoms with van der Waals surface area (Å²) in [5.41, 5.74) is -0.912. The molecule has 0 spiro atoms. The lowest BCUT2D eigenvalue weighted by molar-refractivity contribution is 0.00690. The van der Waals surface area contributed by atoms with Crippen LogP contribution in [-0.2, 0) is 14.8 Å². The standard InChI is InChI=1S/C20H19FN2O5S/c1-20(2,3)28-19(25)13-4-7-17(15(21)11-13)23-29(26,27)14-6-8-16-12(10-14)5-9-18(24)22-16/h4-11,23H,1-3H3,(H,22,24). The minimum atomic E-state index is -4.10. The number of anilines is 1. The largest absolute Gasteiger partial charge is 0.456 e. The summed E-state index contributed by atoms with van der Waals surface area (Å²) in [4.78, 5) is 25.8. The molecular formula is C20H19FN2O5S. The van der Waals surface area contributed by atoms with Gasteiger partial charge in [-0.05, 0) is 68.6 Å². The minimum absolute atomic E-state index is 0.0324. The van der Waals surface area contributed by atoms with E-state index in [4.69, 9.17) is 4.74 Å². The molecule has 0 atom stereocenters. The first-order valence-corrected chi connectivity index (χ1v) is 10.1. The van der Waals surface area contributed by atoms with Crippen molar-refractivity contribution in [2.75, 3.05) is 4.72 Å². The average Bonchev–Trinajstić information content (AvgIpc) is 2.61. The molecule has 2 aromatic carbocycles. The number of benzene rings is 2. The summed E-state index contributed by atoms with van der Waals surface area (Å²) in [6.07, 6.45) is 0. The number of sulfonamides is 1. The number of ether oxygens (including phenoxy) is 1. The van der Waals surface area contributed by atoms with E-state index in [1.807, 2.05) is 0 Å². The number of aromatic nitrogens is 1. The molecule has 152 valence electrons. The molecule has 1 aromatic heterocycles. The Balaban J connectivity index is 1.87. The highest BCUT2D eigenvalue weighted by atomic mass is 32.2. The predicted octanol–water partition coefficient (Wildman–Crippen LogP) is 3.42. The Bertz CT molecular complexity index is 1260. The maximum atomic E-state index is 14.4. The van der Waals surface area contributed by atoms with Gasteiger partial charge < -0.3 is 9.72 Å². The molecule has 0 amide bonds. The predicted molar refractivity (Wildman–Crippen MR) is 107 cm³/mol. The summed E-state index contributed by atoms with van der Waals surface area (Å²) in [6, 6.07) is 10.2. The van der Waals surface area contributed by atoms with Crippen LogP contribution in [0, 0.1) is 5.82 Å². The first-order valence-electron chi connectivity index (χ1n) is 8.63. The zero-order valence-electron chi connectivity index (χ0n) is 15.9. The lowest BCUT2D eigenvalue weighted by Gasteiger charge is -2.19. The van der Waals surface area contributed by atoms with E-state index in [2.05, 4.69) is 9.71 Å². The van der Waals surface area contributed by atoms with Crippen molar-refractivity contribution >= 4 is 32.6 Å². The van der Waals surface area contributed by atoms with Gasteiger partial charge in [0.25, 0.3) is 10.0 Å². The molecule has 0 bridgehead atoms. The first-order chi connectivity index (χ1) is 13.4. The lowest BCUT2D eigenvalue weighted by Crippen LogP contribution is -2.24. The fraction of sp³-hybridized carbons (Fsp3) is 0.200. The molecular weight excluding hydrogens is 399 g/mol. The van der Waals surface area contributed by atoms with E-state index in [9.17, 15) is 22.4 Å². The molecule has 0 aliphatic carbocycles. The second kappa shape index (κ2) is 7.32. The maximum Gasteiger partial charge on any atom is 0.338 e. The number of nitrogens with one attached hydrogen (secondary N) is 2. The highest BCUT2D eigenvalue weighted by molar-refractivity contribution is 7.92. The van der Waals surface area contributed by atoms with Gasteiger partial charge in [0.05, 0.1) is 16.1 Å². The highest BCUT2D eigenvalue weighted by Gasteiger charge is 2.21. The summed E-state index contributed by atoms with van der Waals surface area (Å²) in [5.74, 6) is -1.63. The van der Waals surface area contributed by atoms with E-state index in [-0.39, 0.29) is 21.7 Å². The number of aromatic amines is 1. The van der Waals surface area contributed by atoms with Crippen LogP contribution in [0.15, 0.2) is 58.2 Å². The number of rotatable bonds is 4. The van der Waals surface area contributed by atoms with Crippen molar-refractivity contribution in [1.29, 1.82) is 0 Å². The van der Waals surface area contributed by atoms with Gasteiger partial charge in [-0.2, -0.15) is 0 Å². The maximum absolute atomic E-state index is 14.4. The van der Waals surface area contributed by atoms with Crippen LogP contribution in [-0.4, -0.2) is 25.0 Å². The summed E-state index contributed by atoms with van der Waals surface area (Å²) in [5, 5.41) is 0.508. The Labute approximate surface area is 166 Å². The molecule has 9 heteroatoms. The molecule has 3 aromatic rings. The van der Waals surface area contributed by atoms with E-state index in [0.717, 1.165) is 12.1 Å². The Morgan fingerprint density at radius 2 is 1.79 bits per heavy atom. The Hall–Kier alpha value is -3.20. The lowest BCUT2D eigenvalue weighted by atomic mass is 10.1. The molecule has 1 heterocycles. The molecule has 0 fully saturated rings. The molecule has 0 saturated carbocycles. The number of hydrogen-bond donors (Lipinski definition) is 2. The van der Waals surface area contributed by atoms with Crippen LogP contribution >= 0.6 is 0 Å². The summed E-state index contributed by atoms with van der Waals surface area (Å²) in [6.45, 7) is 5.05. The number of pyridine rings is 1. The van der Waals surface area contributed by atoms with Gasteiger partial charge in [-0.25, -0.2) is 17.6 Å². The number of halogens is 1. The van der Waals surface area contributed by atoms with Gasteiger partial charge >= 0.3 is 5.97 Å². The van der Waals surface area contributed by atoms with Crippen molar-refractivity contribution in [2.24, 2.45) is 0 Å². The van der Waals surface area contributed by atoms with Gasteiger partial charge in [0.15, 0.2) is 0 Å². The van der Waals surface area contributed by atoms with Gasteiger partial charge in [-0.1, -0.05) is 0 Å². The number of carbonyl (C=O) groups excluding carboxylic acids is 1. The van der Waals surface area contributed by atoms with E-state index >= 15 is 0 Å². The zero-order chi connectivity index (χ0) is 21.4. The van der Waals surface area contributed by atoms with Crippen LogP contribution in [0.25, 0.3) is 10.9 Å². The van der Waals surface area contributed by atoms with E-state index < -0.39 is 27.4 Å². The third kappa shape index (κ3) is 4.80. The number of hydrogen-bond acceptors (Lipinski definition) is 5. The van der Waals surface area contributed by atoms with Gasteiger partial charge in [0, 0.05) is 11.6 Å². The number of carbonyl (C=O) groups is 1. The van der Waals surface area contributed by atoms with Crippen LogP contribution < -0.4 is 10.3 Å². The van der Waals surface area contributed by atoms with Gasteiger partial charge in [0.1, 0.15) is 11.4 Å². The first kappa shape index (κ1) is 20.5. The molecule has 7 nitrogen and oxygen atoms in total. The highest BCUT2D eigenvalue weighted by Crippen LogP contribution is 2.23. The summed E-state index contributed by atoms with van der Waals surface area (Å²) >= 11 is 0. The summed E-state index contributed by atoms with van der Waals surface area (Å²) in [7, 11) is -4.10. The third-order valence-corrected chi connectivity index (χ3v) is 5.22. The van der Waals surface area contributed by atoms with Crippen LogP contribution in [0.4, 0.5) is 10.1 Å². The van der Waals surface area contributed by atoms with Crippen LogP contribution in [0.2, 0.25) is 0 Å². The number of H-pyrrole nitrogens is 1. The van der Waals surface area contributed by atoms with E-state index in [1.54, 1.807) is 20.8 Å². The molecule has 0 radical (unpaired) electrons. The monoisotopic (exact) mass is 418 g/mol. The molecule has 2 N–H and O–H groups in total. The van der Waals surface area contributed by atoms with Crippen molar-refractivity contribution in [3.8, 4) is 0 Å². The van der Waals surface area contributed by atoms with Crippen LogP contribution in [0.1, 0.15) is 31.1 Å². The minimum Gasteiger partial charge on any atom is -0.456 e. The number of fused-ring (bicyclic) bond motifs is 1. The smallest absolute Gasteiger partial charge is 0.338 e. The Morgan fingerprint density at radius 3 is 2.45 bits per heavy atom. The third-order valence-electron chi connectivity index (χ3n) is 3.85. The molecule has 0 unspecified atom stereocenters. The molecule has 0 aliphatic rings. The molecule has 0 saturated heterocycles. The molecule has 3 rings (SSSR count).